The van der Waals surface area contributed by atoms with E-state index in [0.29, 0.717) is 36.2 Å². The van der Waals surface area contributed by atoms with Crippen LogP contribution in [0.1, 0.15) is 53.6 Å². The molecule has 1 saturated heterocycles. The van der Waals surface area contributed by atoms with E-state index >= 15 is 0 Å². The Bertz CT molecular complexity index is 955. The number of likely N-dealkylation sites (tertiary alicyclic amines) is 1. The third kappa shape index (κ3) is 4.33. The van der Waals surface area contributed by atoms with Gasteiger partial charge in [0.15, 0.2) is 5.82 Å². The van der Waals surface area contributed by atoms with Crippen molar-refractivity contribution >= 4 is 11.8 Å². The van der Waals surface area contributed by atoms with Gasteiger partial charge in [0.05, 0.1) is 26.2 Å². The summed E-state index contributed by atoms with van der Waals surface area (Å²) in [5.74, 6) is 1.55. The smallest absolute Gasteiger partial charge is 0.259 e. The zero-order chi connectivity index (χ0) is 22.0. The van der Waals surface area contributed by atoms with Crippen LogP contribution in [-0.2, 0) is 4.79 Å². The molecule has 2 fully saturated rings. The molecule has 2 atom stereocenters. The van der Waals surface area contributed by atoms with Gasteiger partial charge in [-0.1, -0.05) is 12.8 Å². The first kappa shape index (κ1) is 21.1. The lowest BCUT2D eigenvalue weighted by molar-refractivity contribution is -0.125. The number of aromatic amines is 1. The van der Waals surface area contributed by atoms with Crippen LogP contribution in [0.2, 0.25) is 0 Å². The van der Waals surface area contributed by atoms with Gasteiger partial charge in [-0.15, -0.1) is 0 Å². The second-order valence-corrected chi connectivity index (χ2v) is 8.10. The van der Waals surface area contributed by atoms with E-state index < -0.39 is 0 Å². The Morgan fingerprint density at radius 1 is 1.13 bits per heavy atom. The molecular formula is C21H28N6O4. The van der Waals surface area contributed by atoms with Crippen LogP contribution in [-0.4, -0.2) is 70.2 Å². The molecule has 0 aromatic carbocycles. The number of hydrogen-bond acceptors (Lipinski definition) is 7. The molecule has 2 aromatic heterocycles. The van der Waals surface area contributed by atoms with Crippen LogP contribution in [0.15, 0.2) is 12.1 Å². The van der Waals surface area contributed by atoms with Crippen LogP contribution in [0, 0.1) is 12.8 Å². The van der Waals surface area contributed by atoms with Gasteiger partial charge in [-0.3, -0.25) is 14.7 Å². The Hall–Kier alpha value is -3.17. The summed E-state index contributed by atoms with van der Waals surface area (Å²) in [4.78, 5) is 36.5. The maximum atomic E-state index is 13.3. The number of pyridine rings is 1. The normalized spacial score (nSPS) is 21.3. The largest absolute Gasteiger partial charge is 0.481 e. The molecule has 2 amide bonds. The van der Waals surface area contributed by atoms with Crippen molar-refractivity contribution in [1.29, 1.82) is 0 Å². The molecule has 10 nitrogen and oxygen atoms in total. The highest BCUT2D eigenvalue weighted by molar-refractivity contribution is 5.97. The lowest BCUT2D eigenvalue weighted by Gasteiger charge is -2.20. The van der Waals surface area contributed by atoms with E-state index in [9.17, 15) is 9.59 Å². The molecular weight excluding hydrogens is 400 g/mol. The molecule has 0 spiro atoms. The minimum Gasteiger partial charge on any atom is -0.481 e. The summed E-state index contributed by atoms with van der Waals surface area (Å²) in [7, 11) is 2.97. The number of nitrogens with zero attached hydrogens (tertiary/aromatic N) is 4. The number of hydrogen-bond donors (Lipinski definition) is 2. The zero-order valence-corrected chi connectivity index (χ0v) is 18.1. The van der Waals surface area contributed by atoms with Crippen LogP contribution in [0.5, 0.6) is 11.8 Å². The molecule has 10 heteroatoms. The van der Waals surface area contributed by atoms with E-state index in [0.717, 1.165) is 25.7 Å². The first-order valence-electron chi connectivity index (χ1n) is 10.6. The second kappa shape index (κ2) is 8.91. The molecule has 1 aliphatic carbocycles. The summed E-state index contributed by atoms with van der Waals surface area (Å²) in [6, 6.07) is 3.01. The molecule has 0 unspecified atom stereocenters. The molecule has 1 aliphatic heterocycles. The van der Waals surface area contributed by atoms with E-state index in [1.807, 2.05) is 6.92 Å². The fourth-order valence-corrected chi connectivity index (χ4v) is 4.42. The van der Waals surface area contributed by atoms with E-state index in [2.05, 4.69) is 25.5 Å². The van der Waals surface area contributed by atoms with E-state index in [1.165, 1.54) is 14.2 Å². The number of H-pyrrole nitrogens is 1. The van der Waals surface area contributed by atoms with Crippen molar-refractivity contribution in [3.05, 3.63) is 29.3 Å². The number of methoxy groups -OCH3 is 2. The summed E-state index contributed by atoms with van der Waals surface area (Å²) < 4.78 is 10.4. The highest BCUT2D eigenvalue weighted by Crippen LogP contribution is 2.31. The monoisotopic (exact) mass is 428 g/mol. The van der Waals surface area contributed by atoms with Crippen LogP contribution in [0.3, 0.4) is 0 Å². The third-order valence-electron chi connectivity index (χ3n) is 6.07. The topological polar surface area (TPSA) is 122 Å². The molecule has 31 heavy (non-hydrogen) atoms. The number of aromatic nitrogens is 4. The molecule has 0 bridgehead atoms. The molecule has 2 aromatic rings. The Labute approximate surface area is 180 Å². The molecule has 166 valence electrons. The SMILES string of the molecule is COc1ccc(C(=O)N2C[C@@H](NC(=O)C3CCCC3)[C@H](c3n[nH]c(C)n3)C2)c(OC)n1. The number of amides is 2. The van der Waals surface area contributed by atoms with Gasteiger partial charge in [0.25, 0.3) is 5.91 Å². The lowest BCUT2D eigenvalue weighted by atomic mass is 10.0. The van der Waals surface area contributed by atoms with Gasteiger partial charge in [-0.05, 0) is 25.8 Å². The number of aryl methyl sites for hydroxylation is 1. The average molecular weight is 428 g/mol. The van der Waals surface area contributed by atoms with Crippen molar-refractivity contribution in [3.63, 3.8) is 0 Å². The summed E-state index contributed by atoms with van der Waals surface area (Å²) in [6.07, 6.45) is 4.00. The van der Waals surface area contributed by atoms with Gasteiger partial charge in [0.2, 0.25) is 17.7 Å². The Kier molecular flexibility index (Phi) is 6.06. The quantitative estimate of drug-likeness (QED) is 0.714. The minimum atomic E-state index is -0.260. The standard InChI is InChI=1S/C21H28N6O4/c1-12-22-18(26-25-12)15-10-27(11-16(15)23-19(28)13-6-4-5-7-13)21(29)14-8-9-17(30-2)24-20(14)31-3/h8-9,13,15-16H,4-7,10-11H2,1-3H3,(H,23,28)(H,22,25,26)/t15-,16-/m1/s1. The van der Waals surface area contributed by atoms with Crippen molar-refractivity contribution in [2.24, 2.45) is 5.92 Å². The maximum Gasteiger partial charge on any atom is 0.259 e. The average Bonchev–Trinajstić information content (AvgIpc) is 3.53. The maximum absolute atomic E-state index is 13.3. The fraction of sp³-hybridized carbons (Fsp3) is 0.571. The van der Waals surface area contributed by atoms with Gasteiger partial charge in [-0.25, -0.2) is 4.98 Å². The first-order chi connectivity index (χ1) is 15.0. The van der Waals surface area contributed by atoms with Crippen LogP contribution < -0.4 is 14.8 Å². The molecule has 3 heterocycles. The highest BCUT2D eigenvalue weighted by atomic mass is 16.5. The van der Waals surface area contributed by atoms with Crippen molar-refractivity contribution < 1.29 is 19.1 Å². The number of nitrogens with one attached hydrogen (secondary N) is 2. The number of ether oxygens (including phenoxy) is 2. The zero-order valence-electron chi connectivity index (χ0n) is 18.1. The Morgan fingerprint density at radius 2 is 1.90 bits per heavy atom. The molecule has 4 rings (SSSR count). The molecule has 2 N–H and O–H groups in total. The molecule has 2 aliphatic rings. The van der Waals surface area contributed by atoms with E-state index in [-0.39, 0.29) is 35.6 Å². The summed E-state index contributed by atoms with van der Waals surface area (Å²) in [5, 5.41) is 10.3. The molecule has 1 saturated carbocycles. The van der Waals surface area contributed by atoms with Crippen molar-refractivity contribution in [1.82, 2.24) is 30.4 Å². The van der Waals surface area contributed by atoms with Crippen LogP contribution in [0.4, 0.5) is 0 Å². The van der Waals surface area contributed by atoms with Crippen molar-refractivity contribution in [2.75, 3.05) is 27.3 Å². The van der Waals surface area contributed by atoms with Gasteiger partial charge < -0.3 is 19.7 Å². The lowest BCUT2D eigenvalue weighted by Crippen LogP contribution is -2.43. The summed E-state index contributed by atoms with van der Waals surface area (Å²) in [6.45, 7) is 2.58. The summed E-state index contributed by atoms with van der Waals surface area (Å²) >= 11 is 0. The van der Waals surface area contributed by atoms with E-state index in [4.69, 9.17) is 9.47 Å². The first-order valence-corrected chi connectivity index (χ1v) is 10.6. The Morgan fingerprint density at radius 3 is 2.55 bits per heavy atom. The van der Waals surface area contributed by atoms with Crippen LogP contribution in [0.25, 0.3) is 0 Å². The minimum absolute atomic E-state index is 0.0464. The van der Waals surface area contributed by atoms with Crippen molar-refractivity contribution in [3.8, 4) is 11.8 Å². The predicted molar refractivity (Wildman–Crippen MR) is 111 cm³/mol. The molecule has 0 radical (unpaired) electrons. The van der Waals surface area contributed by atoms with Gasteiger partial charge in [-0.2, -0.15) is 10.1 Å². The van der Waals surface area contributed by atoms with Gasteiger partial charge in [0.1, 0.15) is 11.4 Å². The highest BCUT2D eigenvalue weighted by Gasteiger charge is 2.41. The van der Waals surface area contributed by atoms with Gasteiger partial charge in [0, 0.05) is 25.1 Å². The Balaban J connectivity index is 1.56. The van der Waals surface area contributed by atoms with Gasteiger partial charge >= 0.3 is 0 Å². The fourth-order valence-electron chi connectivity index (χ4n) is 4.42. The second-order valence-electron chi connectivity index (χ2n) is 8.10. The number of carbonyl (C=O) groups excluding carboxylic acids is 2. The van der Waals surface area contributed by atoms with E-state index in [1.54, 1.807) is 17.0 Å². The third-order valence-corrected chi connectivity index (χ3v) is 6.07. The predicted octanol–water partition coefficient (Wildman–Crippen LogP) is 1.44. The number of carbonyl (C=O) groups is 2. The van der Waals surface area contributed by atoms with Crippen LogP contribution >= 0.6 is 0 Å². The van der Waals surface area contributed by atoms with Crippen molar-refractivity contribution in [2.45, 2.75) is 44.6 Å². The summed E-state index contributed by atoms with van der Waals surface area (Å²) in [5.41, 5.74) is 0.344. The number of rotatable bonds is 6.